The molecule has 0 saturated carbocycles. The van der Waals surface area contributed by atoms with Crippen molar-refractivity contribution >= 4 is 35.2 Å². The van der Waals surface area contributed by atoms with Crippen LogP contribution in [-0.4, -0.2) is 29.8 Å². The van der Waals surface area contributed by atoms with Crippen molar-refractivity contribution in [2.75, 3.05) is 12.4 Å². The van der Waals surface area contributed by atoms with Gasteiger partial charge >= 0.3 is 5.97 Å². The number of anilines is 1. The van der Waals surface area contributed by atoms with E-state index in [-0.39, 0.29) is 23.2 Å². The van der Waals surface area contributed by atoms with Gasteiger partial charge in [0, 0.05) is 35.9 Å². The van der Waals surface area contributed by atoms with Crippen LogP contribution in [0.4, 0.5) is 11.4 Å². The Morgan fingerprint density at radius 1 is 1.25 bits per heavy atom. The number of non-ortho nitro benzene ring substituents is 1. The first-order chi connectivity index (χ1) is 13.4. The largest absolute Gasteiger partial charge is 0.496 e. The van der Waals surface area contributed by atoms with Crippen molar-refractivity contribution < 1.29 is 24.0 Å². The molecule has 0 atom stereocenters. The molecule has 0 radical (unpaired) electrons. The van der Waals surface area contributed by atoms with Crippen LogP contribution in [0, 0.1) is 10.1 Å². The molecule has 0 aromatic heterocycles. The lowest BCUT2D eigenvalue weighted by atomic mass is 10.1. The predicted molar refractivity (Wildman–Crippen MR) is 101 cm³/mol. The highest BCUT2D eigenvalue weighted by atomic mass is 16.6. The Bertz CT molecular complexity index is 1020. The summed E-state index contributed by atoms with van der Waals surface area (Å²) in [5.74, 6) is -0.438. The van der Waals surface area contributed by atoms with Gasteiger partial charge in [0.05, 0.1) is 12.0 Å². The minimum atomic E-state index is -0.686. The molecule has 28 heavy (non-hydrogen) atoms. The lowest BCUT2D eigenvalue weighted by molar-refractivity contribution is -0.384. The van der Waals surface area contributed by atoms with Gasteiger partial charge in [0.1, 0.15) is 5.75 Å². The van der Waals surface area contributed by atoms with Crippen molar-refractivity contribution in [1.82, 2.24) is 0 Å². The second-order valence-electron chi connectivity index (χ2n) is 5.78. The van der Waals surface area contributed by atoms with Crippen LogP contribution in [0.5, 0.6) is 5.75 Å². The monoisotopic (exact) mass is 381 g/mol. The minimum Gasteiger partial charge on any atom is -0.496 e. The van der Waals surface area contributed by atoms with E-state index in [0.717, 1.165) is 0 Å². The van der Waals surface area contributed by atoms with Crippen LogP contribution in [0.15, 0.2) is 53.2 Å². The van der Waals surface area contributed by atoms with Crippen LogP contribution in [-0.2, 0) is 14.3 Å². The SMILES string of the molecule is COc1ccc([N+](=O)[O-])cc1/C=C1\N=C(c2ccc(NC(C)=O)cc2)OC1=O. The third-order valence-electron chi connectivity index (χ3n) is 3.79. The molecule has 2 aromatic rings. The molecule has 1 aliphatic heterocycles. The number of hydrogen-bond acceptors (Lipinski definition) is 7. The third kappa shape index (κ3) is 4.04. The number of carbonyl (C=O) groups is 2. The van der Waals surface area contributed by atoms with E-state index in [2.05, 4.69) is 10.3 Å². The number of methoxy groups -OCH3 is 1. The number of aliphatic imine (C=N–C) groups is 1. The Balaban J connectivity index is 1.92. The summed E-state index contributed by atoms with van der Waals surface area (Å²) in [5, 5.41) is 13.6. The summed E-state index contributed by atoms with van der Waals surface area (Å²) in [7, 11) is 1.42. The fraction of sp³-hybridized carbons (Fsp3) is 0.105. The Morgan fingerprint density at radius 3 is 2.57 bits per heavy atom. The van der Waals surface area contributed by atoms with Crippen molar-refractivity contribution in [1.29, 1.82) is 0 Å². The van der Waals surface area contributed by atoms with Gasteiger partial charge in [0.25, 0.3) is 5.69 Å². The molecule has 9 nitrogen and oxygen atoms in total. The zero-order valence-corrected chi connectivity index (χ0v) is 15.0. The van der Waals surface area contributed by atoms with Gasteiger partial charge in [-0.25, -0.2) is 9.79 Å². The number of nitro benzene ring substituents is 1. The van der Waals surface area contributed by atoms with E-state index in [0.29, 0.717) is 22.6 Å². The summed E-state index contributed by atoms with van der Waals surface area (Å²) in [4.78, 5) is 37.8. The highest BCUT2D eigenvalue weighted by molar-refractivity contribution is 6.13. The number of cyclic esters (lactones) is 1. The van der Waals surface area contributed by atoms with Crippen LogP contribution >= 0.6 is 0 Å². The standard InChI is InChI=1S/C19H15N3O6/c1-11(23)20-14-5-3-12(4-6-14)18-21-16(19(24)28-18)10-13-9-15(22(25)26)7-8-17(13)27-2/h3-10H,1-2H3,(H,20,23)/b16-10-. The van der Waals surface area contributed by atoms with Gasteiger partial charge in [-0.3, -0.25) is 14.9 Å². The molecule has 0 unspecified atom stereocenters. The fourth-order valence-electron chi connectivity index (χ4n) is 2.53. The van der Waals surface area contributed by atoms with Gasteiger partial charge in [-0.15, -0.1) is 0 Å². The lowest BCUT2D eigenvalue weighted by Crippen LogP contribution is -2.07. The fourth-order valence-corrected chi connectivity index (χ4v) is 2.53. The van der Waals surface area contributed by atoms with Crippen molar-refractivity contribution in [2.45, 2.75) is 6.92 Å². The predicted octanol–water partition coefficient (Wildman–Crippen LogP) is 2.91. The van der Waals surface area contributed by atoms with Crippen molar-refractivity contribution in [3.63, 3.8) is 0 Å². The summed E-state index contributed by atoms with van der Waals surface area (Å²) in [5.41, 5.74) is 1.31. The molecule has 0 bridgehead atoms. The van der Waals surface area contributed by atoms with Gasteiger partial charge in [-0.1, -0.05) is 0 Å². The third-order valence-corrected chi connectivity index (χ3v) is 3.79. The number of amides is 1. The second kappa shape index (κ2) is 7.70. The molecule has 0 saturated heterocycles. The van der Waals surface area contributed by atoms with E-state index in [4.69, 9.17) is 9.47 Å². The molecular weight excluding hydrogens is 366 g/mol. The highest BCUT2D eigenvalue weighted by Gasteiger charge is 2.25. The average Bonchev–Trinajstić information content (AvgIpc) is 3.02. The molecule has 1 aliphatic rings. The van der Waals surface area contributed by atoms with Gasteiger partial charge in [-0.05, 0) is 36.4 Å². The molecule has 3 rings (SSSR count). The van der Waals surface area contributed by atoms with E-state index in [1.807, 2.05) is 0 Å². The second-order valence-corrected chi connectivity index (χ2v) is 5.78. The first-order valence-electron chi connectivity index (χ1n) is 8.10. The number of carbonyl (C=O) groups excluding carboxylic acids is 2. The van der Waals surface area contributed by atoms with Crippen LogP contribution in [0.1, 0.15) is 18.1 Å². The zero-order valence-electron chi connectivity index (χ0n) is 15.0. The first-order valence-corrected chi connectivity index (χ1v) is 8.10. The molecule has 1 heterocycles. The van der Waals surface area contributed by atoms with E-state index in [9.17, 15) is 19.7 Å². The van der Waals surface area contributed by atoms with Crippen LogP contribution < -0.4 is 10.1 Å². The topological polar surface area (TPSA) is 120 Å². The molecule has 142 valence electrons. The minimum absolute atomic E-state index is 0.0141. The summed E-state index contributed by atoms with van der Waals surface area (Å²) >= 11 is 0. The normalized spacial score (nSPS) is 14.4. The van der Waals surface area contributed by atoms with Crippen molar-refractivity contribution in [3.8, 4) is 5.75 Å². The summed E-state index contributed by atoms with van der Waals surface area (Å²) in [6.07, 6.45) is 1.37. The van der Waals surface area contributed by atoms with E-state index in [1.54, 1.807) is 24.3 Å². The van der Waals surface area contributed by atoms with Gasteiger partial charge in [-0.2, -0.15) is 0 Å². The molecule has 0 fully saturated rings. The number of nitro groups is 1. The number of rotatable bonds is 5. The number of hydrogen-bond donors (Lipinski definition) is 1. The number of nitrogens with one attached hydrogen (secondary N) is 1. The Labute approximate surface area is 159 Å². The molecule has 2 aromatic carbocycles. The molecule has 1 amide bonds. The smallest absolute Gasteiger partial charge is 0.363 e. The maximum atomic E-state index is 12.2. The van der Waals surface area contributed by atoms with Gasteiger partial charge < -0.3 is 14.8 Å². The summed E-state index contributed by atoms with van der Waals surface area (Å²) < 4.78 is 10.4. The maximum Gasteiger partial charge on any atom is 0.363 e. The maximum absolute atomic E-state index is 12.2. The van der Waals surface area contributed by atoms with Crippen molar-refractivity contribution in [3.05, 3.63) is 69.4 Å². The quantitative estimate of drug-likeness (QED) is 0.368. The summed E-state index contributed by atoms with van der Waals surface area (Å²) in [6, 6.07) is 10.6. The van der Waals surface area contributed by atoms with Crippen LogP contribution in [0.2, 0.25) is 0 Å². The van der Waals surface area contributed by atoms with Crippen molar-refractivity contribution in [2.24, 2.45) is 4.99 Å². The molecule has 1 N–H and O–H groups in total. The molecule has 9 heteroatoms. The van der Waals surface area contributed by atoms with Crippen LogP contribution in [0.3, 0.4) is 0 Å². The zero-order chi connectivity index (χ0) is 20.3. The number of benzene rings is 2. The van der Waals surface area contributed by atoms with Gasteiger partial charge in [0.15, 0.2) is 5.70 Å². The molecular formula is C19H15N3O6. The van der Waals surface area contributed by atoms with Crippen LogP contribution in [0.25, 0.3) is 6.08 Å². The first kappa shape index (κ1) is 18.8. The van der Waals surface area contributed by atoms with E-state index >= 15 is 0 Å². The Kier molecular flexibility index (Phi) is 5.16. The average molecular weight is 381 g/mol. The Morgan fingerprint density at radius 2 is 1.96 bits per heavy atom. The highest BCUT2D eigenvalue weighted by Crippen LogP contribution is 2.28. The number of ether oxygens (including phenoxy) is 2. The molecule has 0 aliphatic carbocycles. The summed E-state index contributed by atoms with van der Waals surface area (Å²) in [6.45, 7) is 1.40. The van der Waals surface area contributed by atoms with Gasteiger partial charge in [0.2, 0.25) is 11.8 Å². The molecule has 0 spiro atoms. The Hall–Kier alpha value is -4.01. The number of nitrogens with zero attached hydrogens (tertiary/aromatic N) is 2. The van der Waals surface area contributed by atoms with E-state index < -0.39 is 10.9 Å². The van der Waals surface area contributed by atoms with E-state index in [1.165, 1.54) is 38.3 Å². The lowest BCUT2D eigenvalue weighted by Gasteiger charge is -2.04. The number of esters is 1.